The Balaban J connectivity index is 2.91. The van der Waals surface area contributed by atoms with Crippen molar-refractivity contribution in [2.24, 2.45) is 5.14 Å². The van der Waals surface area contributed by atoms with Crippen molar-refractivity contribution in [1.29, 1.82) is 0 Å². The number of pyridine rings is 1. The first-order valence-electron chi connectivity index (χ1n) is 3.20. The van der Waals surface area contributed by atoms with Gasteiger partial charge in [-0.15, -0.1) is 0 Å². The van der Waals surface area contributed by atoms with Gasteiger partial charge in [0.2, 0.25) is 0 Å². The van der Waals surface area contributed by atoms with Gasteiger partial charge in [-0.3, -0.25) is 4.72 Å². The van der Waals surface area contributed by atoms with E-state index >= 15 is 0 Å². The maximum absolute atomic E-state index is 10.5. The molecule has 0 atom stereocenters. The lowest BCUT2D eigenvalue weighted by atomic mass is 10.3. The molecular weight excluding hydrogens is 178 g/mol. The average molecular weight is 187 g/mol. The number of nitrogens with one attached hydrogen (secondary N) is 1. The smallest absolute Gasteiger partial charge is 0.255 e. The van der Waals surface area contributed by atoms with Crippen LogP contribution in [0.25, 0.3) is 0 Å². The van der Waals surface area contributed by atoms with Crippen LogP contribution in [0.2, 0.25) is 0 Å². The van der Waals surface area contributed by atoms with Crippen molar-refractivity contribution in [2.45, 2.75) is 6.92 Å². The van der Waals surface area contributed by atoms with Crippen LogP contribution < -0.4 is 9.86 Å². The molecule has 0 spiro atoms. The van der Waals surface area contributed by atoms with Crippen LogP contribution in [0.3, 0.4) is 0 Å². The molecule has 0 aliphatic carbocycles. The van der Waals surface area contributed by atoms with Crippen molar-refractivity contribution in [3.8, 4) is 0 Å². The molecule has 1 aromatic rings. The Hall–Kier alpha value is -1.14. The van der Waals surface area contributed by atoms with Gasteiger partial charge in [0.25, 0.3) is 10.2 Å². The number of rotatable bonds is 2. The van der Waals surface area contributed by atoms with Crippen LogP contribution in [0.5, 0.6) is 0 Å². The minimum absolute atomic E-state index is 0.234. The Morgan fingerprint density at radius 2 is 2.25 bits per heavy atom. The van der Waals surface area contributed by atoms with E-state index in [1.807, 2.05) is 6.92 Å². The largest absolute Gasteiger partial charge is 0.297 e. The molecule has 0 bridgehead atoms. The van der Waals surface area contributed by atoms with Gasteiger partial charge >= 0.3 is 0 Å². The molecule has 0 amide bonds. The van der Waals surface area contributed by atoms with Crippen LogP contribution in [0.4, 0.5) is 5.82 Å². The first-order valence-corrected chi connectivity index (χ1v) is 4.75. The van der Waals surface area contributed by atoms with E-state index in [1.54, 1.807) is 12.1 Å². The standard InChI is InChI=1S/C6H9N3O2S/c1-5-2-3-8-6(4-5)9-12(7,10)11/h2-4H,1H3,(H,8,9)(H2,7,10,11). The molecule has 66 valence electrons. The fourth-order valence-electron chi connectivity index (χ4n) is 0.738. The number of hydrogen-bond acceptors (Lipinski definition) is 3. The third-order valence-electron chi connectivity index (χ3n) is 1.16. The monoisotopic (exact) mass is 187 g/mol. The molecule has 0 unspecified atom stereocenters. The van der Waals surface area contributed by atoms with E-state index in [4.69, 9.17) is 5.14 Å². The lowest BCUT2D eigenvalue weighted by molar-refractivity contribution is 0.602. The van der Waals surface area contributed by atoms with Gasteiger partial charge in [-0.25, -0.2) is 10.1 Å². The molecule has 0 aromatic carbocycles. The van der Waals surface area contributed by atoms with E-state index in [0.717, 1.165) is 5.56 Å². The Bertz CT molecular complexity index is 374. The van der Waals surface area contributed by atoms with Crippen molar-refractivity contribution in [3.05, 3.63) is 23.9 Å². The number of hydrogen-bond donors (Lipinski definition) is 2. The fraction of sp³-hybridized carbons (Fsp3) is 0.167. The molecule has 12 heavy (non-hydrogen) atoms. The molecule has 5 nitrogen and oxygen atoms in total. The molecule has 0 aliphatic heterocycles. The van der Waals surface area contributed by atoms with Crippen molar-refractivity contribution in [1.82, 2.24) is 4.98 Å². The highest BCUT2D eigenvalue weighted by Gasteiger charge is 2.01. The Kier molecular flexibility index (Phi) is 2.30. The van der Waals surface area contributed by atoms with E-state index in [-0.39, 0.29) is 5.82 Å². The molecule has 0 radical (unpaired) electrons. The quantitative estimate of drug-likeness (QED) is 0.683. The van der Waals surface area contributed by atoms with Crippen LogP contribution in [-0.2, 0) is 10.2 Å². The predicted molar refractivity (Wildman–Crippen MR) is 45.7 cm³/mol. The number of aryl methyl sites for hydroxylation is 1. The minimum atomic E-state index is -3.71. The zero-order valence-corrected chi connectivity index (χ0v) is 7.30. The molecule has 0 aliphatic rings. The molecule has 1 rings (SSSR count). The summed E-state index contributed by atoms with van der Waals surface area (Å²) >= 11 is 0. The van der Waals surface area contributed by atoms with E-state index in [1.165, 1.54) is 6.20 Å². The first-order chi connectivity index (χ1) is 5.47. The Labute approximate surface area is 70.8 Å². The third kappa shape index (κ3) is 2.85. The van der Waals surface area contributed by atoms with Crippen molar-refractivity contribution < 1.29 is 8.42 Å². The number of nitrogens with zero attached hydrogens (tertiary/aromatic N) is 1. The fourth-order valence-corrected chi connectivity index (χ4v) is 1.14. The Morgan fingerprint density at radius 3 is 2.75 bits per heavy atom. The number of anilines is 1. The van der Waals surface area contributed by atoms with Gasteiger partial charge in [0.1, 0.15) is 5.82 Å². The maximum Gasteiger partial charge on any atom is 0.297 e. The highest BCUT2D eigenvalue weighted by Crippen LogP contribution is 2.05. The normalized spacial score (nSPS) is 11.2. The lowest BCUT2D eigenvalue weighted by Crippen LogP contribution is -2.22. The Morgan fingerprint density at radius 1 is 1.58 bits per heavy atom. The van der Waals surface area contributed by atoms with Crippen LogP contribution in [0.15, 0.2) is 18.3 Å². The second-order valence-corrected chi connectivity index (χ2v) is 3.66. The van der Waals surface area contributed by atoms with E-state index in [2.05, 4.69) is 9.71 Å². The summed E-state index contributed by atoms with van der Waals surface area (Å²) in [7, 11) is -3.71. The third-order valence-corrected chi connectivity index (χ3v) is 1.66. The minimum Gasteiger partial charge on any atom is -0.255 e. The van der Waals surface area contributed by atoms with Gasteiger partial charge in [0.15, 0.2) is 0 Å². The van der Waals surface area contributed by atoms with Gasteiger partial charge in [0, 0.05) is 6.20 Å². The summed E-state index contributed by atoms with van der Waals surface area (Å²) in [6.07, 6.45) is 1.50. The highest BCUT2D eigenvalue weighted by atomic mass is 32.2. The highest BCUT2D eigenvalue weighted by molar-refractivity contribution is 7.90. The van der Waals surface area contributed by atoms with Gasteiger partial charge < -0.3 is 0 Å². The number of aromatic nitrogens is 1. The molecule has 0 saturated carbocycles. The van der Waals surface area contributed by atoms with Crippen LogP contribution in [0, 0.1) is 6.92 Å². The van der Waals surface area contributed by atoms with Crippen LogP contribution >= 0.6 is 0 Å². The molecule has 6 heteroatoms. The SMILES string of the molecule is Cc1ccnc(NS(N)(=O)=O)c1. The van der Waals surface area contributed by atoms with Crippen LogP contribution in [-0.4, -0.2) is 13.4 Å². The summed E-state index contributed by atoms with van der Waals surface area (Å²) in [5.74, 6) is 0.234. The van der Waals surface area contributed by atoms with Gasteiger partial charge in [-0.1, -0.05) is 0 Å². The van der Waals surface area contributed by atoms with Gasteiger partial charge in [-0.05, 0) is 24.6 Å². The zero-order valence-electron chi connectivity index (χ0n) is 6.48. The molecule has 1 heterocycles. The molecule has 0 saturated heterocycles. The van der Waals surface area contributed by atoms with Crippen molar-refractivity contribution in [2.75, 3.05) is 4.72 Å². The summed E-state index contributed by atoms with van der Waals surface area (Å²) in [6, 6.07) is 3.35. The molecule has 0 fully saturated rings. The molecule has 1 aromatic heterocycles. The topological polar surface area (TPSA) is 85.1 Å². The second kappa shape index (κ2) is 3.08. The van der Waals surface area contributed by atoms with Gasteiger partial charge in [0.05, 0.1) is 0 Å². The summed E-state index contributed by atoms with van der Waals surface area (Å²) in [5, 5.41) is 4.74. The van der Waals surface area contributed by atoms with E-state index in [0.29, 0.717) is 0 Å². The maximum atomic E-state index is 10.5. The first kappa shape index (κ1) is 8.95. The second-order valence-electron chi connectivity index (χ2n) is 2.37. The molecule has 3 N–H and O–H groups in total. The summed E-state index contributed by atoms with van der Waals surface area (Å²) in [4.78, 5) is 3.75. The predicted octanol–water partition coefficient (Wildman–Crippen LogP) is 0.00542. The van der Waals surface area contributed by atoms with Crippen molar-refractivity contribution >= 4 is 16.0 Å². The zero-order chi connectivity index (χ0) is 9.19. The summed E-state index contributed by atoms with van der Waals surface area (Å²) < 4.78 is 23.1. The van der Waals surface area contributed by atoms with E-state index < -0.39 is 10.2 Å². The summed E-state index contributed by atoms with van der Waals surface area (Å²) in [6.45, 7) is 1.83. The number of nitrogens with two attached hydrogens (primary N) is 1. The van der Waals surface area contributed by atoms with Gasteiger partial charge in [-0.2, -0.15) is 8.42 Å². The van der Waals surface area contributed by atoms with E-state index in [9.17, 15) is 8.42 Å². The van der Waals surface area contributed by atoms with Crippen LogP contribution in [0.1, 0.15) is 5.56 Å². The molecular formula is C6H9N3O2S. The lowest BCUT2D eigenvalue weighted by Gasteiger charge is -2.01. The van der Waals surface area contributed by atoms with Crippen molar-refractivity contribution in [3.63, 3.8) is 0 Å². The average Bonchev–Trinajstić information content (AvgIpc) is 1.82. The summed E-state index contributed by atoms with van der Waals surface area (Å²) in [5.41, 5.74) is 0.913.